The standard InChI is InChI=1S/C26H29N3O2S/c30-26(27-23-17-28-10-8-19(23)9-11-28)24-16-20-2-1-3-22(25(20)32-24)18-4-6-21(7-5-18)29-12-14-31-15-13-29/h1-7,16,19,23H,8-15,17H2,(H,27,30)/t23-/m1/s1. The number of morpholine rings is 1. The fourth-order valence-electron chi connectivity index (χ4n) is 5.44. The summed E-state index contributed by atoms with van der Waals surface area (Å²) in [6, 6.07) is 17.5. The molecule has 1 amide bonds. The average molecular weight is 448 g/mol. The number of fused-ring (bicyclic) bond motifs is 4. The van der Waals surface area contributed by atoms with Crippen molar-refractivity contribution in [1.82, 2.24) is 10.2 Å². The van der Waals surface area contributed by atoms with Crippen LogP contribution in [0.5, 0.6) is 0 Å². The molecule has 0 aliphatic carbocycles. The zero-order valence-corrected chi connectivity index (χ0v) is 19.1. The topological polar surface area (TPSA) is 44.8 Å². The van der Waals surface area contributed by atoms with E-state index in [4.69, 9.17) is 4.74 Å². The van der Waals surface area contributed by atoms with E-state index >= 15 is 0 Å². The van der Waals surface area contributed by atoms with E-state index in [0.717, 1.165) is 43.1 Å². The number of hydrogen-bond acceptors (Lipinski definition) is 5. The molecule has 4 fully saturated rings. The average Bonchev–Trinajstić information content (AvgIpc) is 3.30. The van der Waals surface area contributed by atoms with Crippen LogP contribution in [0.15, 0.2) is 48.5 Å². The number of carbonyl (C=O) groups is 1. The smallest absolute Gasteiger partial charge is 0.261 e. The molecule has 3 aromatic rings. The van der Waals surface area contributed by atoms with Crippen molar-refractivity contribution >= 4 is 33.0 Å². The molecule has 4 aliphatic heterocycles. The van der Waals surface area contributed by atoms with Gasteiger partial charge < -0.3 is 19.9 Å². The zero-order valence-electron chi connectivity index (χ0n) is 18.3. The summed E-state index contributed by atoms with van der Waals surface area (Å²) in [5.41, 5.74) is 3.63. The van der Waals surface area contributed by atoms with Crippen LogP contribution in [0.2, 0.25) is 0 Å². The van der Waals surface area contributed by atoms with Gasteiger partial charge in [0.05, 0.1) is 18.1 Å². The third kappa shape index (κ3) is 3.81. The maximum absolute atomic E-state index is 13.1. The molecule has 6 heteroatoms. The number of rotatable bonds is 4. The summed E-state index contributed by atoms with van der Waals surface area (Å²) >= 11 is 1.62. The van der Waals surface area contributed by atoms with Crippen molar-refractivity contribution in [3.63, 3.8) is 0 Å². The Balaban J connectivity index is 1.24. The van der Waals surface area contributed by atoms with Crippen LogP contribution in [0.3, 0.4) is 0 Å². The van der Waals surface area contributed by atoms with Gasteiger partial charge in [0.2, 0.25) is 0 Å². The number of hydrogen-bond donors (Lipinski definition) is 1. The Labute approximate surface area is 193 Å². The normalized spacial score (nSPS) is 25.2. The summed E-state index contributed by atoms with van der Waals surface area (Å²) in [6.45, 7) is 6.85. The number of ether oxygens (including phenoxy) is 1. The van der Waals surface area contributed by atoms with Crippen LogP contribution in [0.4, 0.5) is 5.69 Å². The van der Waals surface area contributed by atoms with E-state index in [1.165, 1.54) is 47.4 Å². The predicted molar refractivity (Wildman–Crippen MR) is 131 cm³/mol. The summed E-state index contributed by atoms with van der Waals surface area (Å²) in [4.78, 5) is 18.8. The summed E-state index contributed by atoms with van der Waals surface area (Å²) < 4.78 is 6.66. The van der Waals surface area contributed by atoms with Crippen molar-refractivity contribution in [2.24, 2.45) is 5.92 Å². The lowest BCUT2D eigenvalue weighted by atomic mass is 9.84. The molecule has 7 rings (SSSR count). The van der Waals surface area contributed by atoms with Gasteiger partial charge in [-0.1, -0.05) is 30.3 Å². The number of piperidine rings is 3. The number of amides is 1. The Bertz CT molecular complexity index is 1110. The molecular formula is C26H29N3O2S. The Morgan fingerprint density at radius 3 is 2.50 bits per heavy atom. The van der Waals surface area contributed by atoms with Crippen LogP contribution < -0.4 is 10.2 Å². The van der Waals surface area contributed by atoms with E-state index in [9.17, 15) is 4.79 Å². The van der Waals surface area contributed by atoms with Crippen LogP contribution in [-0.2, 0) is 4.74 Å². The van der Waals surface area contributed by atoms with E-state index in [0.29, 0.717) is 12.0 Å². The van der Waals surface area contributed by atoms with Gasteiger partial charge >= 0.3 is 0 Å². The monoisotopic (exact) mass is 447 g/mol. The SMILES string of the molecule is O=C(N[C@@H]1CN2CCC1CC2)c1cc2cccc(-c3ccc(N4CCOCC4)cc3)c2s1. The Morgan fingerprint density at radius 2 is 1.78 bits per heavy atom. The van der Waals surface area contributed by atoms with Crippen molar-refractivity contribution in [3.05, 3.63) is 53.4 Å². The molecule has 1 atom stereocenters. The molecule has 0 saturated carbocycles. The highest BCUT2D eigenvalue weighted by Gasteiger charge is 2.35. The third-order valence-electron chi connectivity index (χ3n) is 7.30. The molecular weight excluding hydrogens is 418 g/mol. The molecule has 0 spiro atoms. The Kier molecular flexibility index (Phi) is 5.37. The summed E-state index contributed by atoms with van der Waals surface area (Å²) in [6.07, 6.45) is 2.42. The number of nitrogens with one attached hydrogen (secondary N) is 1. The number of benzene rings is 2. The molecule has 2 aromatic carbocycles. The molecule has 166 valence electrons. The van der Waals surface area contributed by atoms with Crippen molar-refractivity contribution in [3.8, 4) is 11.1 Å². The van der Waals surface area contributed by atoms with Crippen molar-refractivity contribution in [2.75, 3.05) is 50.8 Å². The largest absolute Gasteiger partial charge is 0.378 e. The first-order valence-electron chi connectivity index (χ1n) is 11.7. The minimum Gasteiger partial charge on any atom is -0.378 e. The van der Waals surface area contributed by atoms with E-state index in [1.807, 2.05) is 0 Å². The van der Waals surface area contributed by atoms with Crippen molar-refractivity contribution in [2.45, 2.75) is 18.9 Å². The molecule has 2 bridgehead atoms. The van der Waals surface area contributed by atoms with Crippen molar-refractivity contribution in [1.29, 1.82) is 0 Å². The van der Waals surface area contributed by atoms with Gasteiger partial charge in [0, 0.05) is 36.1 Å². The van der Waals surface area contributed by atoms with Gasteiger partial charge in [0.25, 0.3) is 5.91 Å². The second-order valence-electron chi connectivity index (χ2n) is 9.20. The minimum absolute atomic E-state index is 0.0820. The Hall–Kier alpha value is -2.41. The molecule has 0 radical (unpaired) electrons. The third-order valence-corrected chi connectivity index (χ3v) is 8.48. The zero-order chi connectivity index (χ0) is 21.5. The van der Waals surface area contributed by atoms with Gasteiger partial charge in [-0.2, -0.15) is 0 Å². The number of thiophene rings is 1. The first kappa shape index (κ1) is 20.2. The predicted octanol–water partition coefficient (Wildman–Crippen LogP) is 4.23. The number of nitrogens with zero attached hydrogens (tertiary/aromatic N) is 2. The number of carbonyl (C=O) groups excluding carboxylic acids is 1. The highest BCUT2D eigenvalue weighted by atomic mass is 32.1. The van der Waals surface area contributed by atoms with Gasteiger partial charge in [0.15, 0.2) is 0 Å². The lowest BCUT2D eigenvalue weighted by Crippen LogP contribution is -2.57. The van der Waals surface area contributed by atoms with Gasteiger partial charge in [-0.05, 0) is 66.6 Å². The minimum atomic E-state index is 0.0820. The second-order valence-corrected chi connectivity index (χ2v) is 10.3. The molecule has 0 unspecified atom stereocenters. The first-order chi connectivity index (χ1) is 15.7. The molecule has 1 aromatic heterocycles. The van der Waals surface area contributed by atoms with Crippen LogP contribution in [0.1, 0.15) is 22.5 Å². The first-order valence-corrected chi connectivity index (χ1v) is 12.6. The quantitative estimate of drug-likeness (QED) is 0.650. The molecule has 5 nitrogen and oxygen atoms in total. The summed E-state index contributed by atoms with van der Waals surface area (Å²) in [5, 5.41) is 4.49. The highest BCUT2D eigenvalue weighted by Crippen LogP contribution is 2.36. The highest BCUT2D eigenvalue weighted by molar-refractivity contribution is 7.21. The van der Waals surface area contributed by atoms with Crippen LogP contribution in [0.25, 0.3) is 21.2 Å². The van der Waals surface area contributed by atoms with Crippen molar-refractivity contribution < 1.29 is 9.53 Å². The lowest BCUT2D eigenvalue weighted by Gasteiger charge is -2.44. The second kappa shape index (κ2) is 8.50. The summed E-state index contributed by atoms with van der Waals surface area (Å²) in [7, 11) is 0. The Morgan fingerprint density at radius 1 is 1.00 bits per heavy atom. The summed E-state index contributed by atoms with van der Waals surface area (Å²) in [5.74, 6) is 0.720. The molecule has 4 saturated heterocycles. The molecule has 32 heavy (non-hydrogen) atoms. The van der Waals surface area contributed by atoms with Crippen LogP contribution in [-0.4, -0.2) is 62.8 Å². The lowest BCUT2D eigenvalue weighted by molar-refractivity contribution is 0.0622. The van der Waals surface area contributed by atoms with E-state index in [2.05, 4.69) is 63.6 Å². The van der Waals surface area contributed by atoms with Crippen LogP contribution in [0, 0.1) is 5.92 Å². The van der Waals surface area contributed by atoms with E-state index in [1.54, 1.807) is 11.3 Å². The molecule has 4 aliphatic rings. The maximum Gasteiger partial charge on any atom is 0.261 e. The van der Waals surface area contributed by atoms with Gasteiger partial charge in [-0.25, -0.2) is 0 Å². The molecule has 5 heterocycles. The number of anilines is 1. The van der Waals surface area contributed by atoms with Gasteiger partial charge in [-0.15, -0.1) is 11.3 Å². The van der Waals surface area contributed by atoms with Crippen LogP contribution >= 0.6 is 11.3 Å². The fraction of sp³-hybridized carbons (Fsp3) is 0.423. The van der Waals surface area contributed by atoms with E-state index in [-0.39, 0.29) is 5.91 Å². The molecule has 1 N–H and O–H groups in total. The fourth-order valence-corrected chi connectivity index (χ4v) is 6.54. The van der Waals surface area contributed by atoms with E-state index < -0.39 is 0 Å². The van der Waals surface area contributed by atoms with Gasteiger partial charge in [-0.3, -0.25) is 4.79 Å². The van der Waals surface area contributed by atoms with Gasteiger partial charge in [0.1, 0.15) is 0 Å². The maximum atomic E-state index is 13.1.